The van der Waals surface area contributed by atoms with Crippen molar-refractivity contribution >= 4 is 24.0 Å². The average molecular weight is 341 g/mol. The van der Waals surface area contributed by atoms with Gasteiger partial charge in [-0.15, -0.1) is 12.4 Å². The smallest absolute Gasteiger partial charge is 0.241 e. The van der Waals surface area contributed by atoms with Crippen LogP contribution in [0, 0.1) is 20.8 Å². The van der Waals surface area contributed by atoms with Crippen LogP contribution >= 0.6 is 12.4 Å². The van der Waals surface area contributed by atoms with Gasteiger partial charge < -0.3 is 10.4 Å². The summed E-state index contributed by atoms with van der Waals surface area (Å²) >= 11 is 0. The molecule has 130 valence electrons. The molecule has 5 heteroatoms. The third-order valence-electron chi connectivity index (χ3n) is 4.44. The normalized spacial score (nSPS) is 18.3. The summed E-state index contributed by atoms with van der Waals surface area (Å²) in [6.45, 7) is 8.08. The highest BCUT2D eigenvalue weighted by atomic mass is 35.5. The number of carbonyl (C=O) groups excluding carboxylic acids is 1. The Kier molecular flexibility index (Phi) is 8.03. The predicted molar refractivity (Wildman–Crippen MR) is 97.4 cm³/mol. The number of nitrogens with one attached hydrogen (secondary N) is 1. The van der Waals surface area contributed by atoms with Crippen LogP contribution in [-0.2, 0) is 4.79 Å². The zero-order valence-electron chi connectivity index (χ0n) is 14.4. The highest BCUT2D eigenvalue weighted by molar-refractivity contribution is 5.96. The van der Waals surface area contributed by atoms with Gasteiger partial charge in [-0.25, -0.2) is 0 Å². The van der Waals surface area contributed by atoms with Crippen LogP contribution in [0.5, 0.6) is 0 Å². The highest BCUT2D eigenvalue weighted by Gasteiger charge is 2.28. The number of hydrogen-bond acceptors (Lipinski definition) is 3. The topological polar surface area (TPSA) is 52.6 Å². The first-order chi connectivity index (χ1) is 10.5. The van der Waals surface area contributed by atoms with Gasteiger partial charge in [-0.2, -0.15) is 0 Å². The number of anilines is 1. The Hall–Kier alpha value is -1.10. The molecule has 4 nitrogen and oxygen atoms in total. The number of nitrogens with zero attached hydrogens (tertiary/aromatic N) is 1. The van der Waals surface area contributed by atoms with Gasteiger partial charge in [0.05, 0.1) is 6.04 Å². The fourth-order valence-electron chi connectivity index (χ4n) is 3.41. The lowest BCUT2D eigenvalue weighted by Gasteiger charge is -2.34. The van der Waals surface area contributed by atoms with E-state index >= 15 is 0 Å². The fraction of sp³-hybridized carbons (Fsp3) is 0.611. The molecule has 0 bridgehead atoms. The van der Waals surface area contributed by atoms with Crippen LogP contribution in [0.3, 0.4) is 0 Å². The number of aryl methyl sites for hydroxylation is 3. The maximum atomic E-state index is 12.7. The lowest BCUT2D eigenvalue weighted by molar-refractivity contribution is -0.122. The molecule has 0 radical (unpaired) electrons. The molecule has 2 rings (SSSR count). The molecule has 0 spiro atoms. The predicted octanol–water partition coefficient (Wildman–Crippen LogP) is 3.21. The standard InChI is InChI=1S/C18H28N2O2.ClH/c1-13-11-14(2)17(15(3)12-13)19-18(22)16-7-4-5-8-20(16)9-6-10-21;/h11-12,16,21H,4-10H2,1-3H3,(H,19,22);1H. The molecule has 0 aliphatic carbocycles. The second kappa shape index (κ2) is 9.26. The van der Waals surface area contributed by atoms with Crippen molar-refractivity contribution in [2.75, 3.05) is 25.0 Å². The third kappa shape index (κ3) is 5.20. The number of halogens is 1. The number of aliphatic hydroxyl groups is 1. The highest BCUT2D eigenvalue weighted by Crippen LogP contribution is 2.24. The number of benzene rings is 1. The molecule has 1 aliphatic heterocycles. The summed E-state index contributed by atoms with van der Waals surface area (Å²) in [5.41, 5.74) is 4.39. The van der Waals surface area contributed by atoms with Gasteiger partial charge in [-0.1, -0.05) is 24.1 Å². The molecule has 1 fully saturated rings. The second-order valence-corrected chi connectivity index (χ2v) is 6.39. The summed E-state index contributed by atoms with van der Waals surface area (Å²) in [6, 6.07) is 4.14. The molecule has 0 aromatic heterocycles. The van der Waals surface area contributed by atoms with Gasteiger partial charge >= 0.3 is 0 Å². The minimum absolute atomic E-state index is 0. The quantitative estimate of drug-likeness (QED) is 0.865. The third-order valence-corrected chi connectivity index (χ3v) is 4.44. The van der Waals surface area contributed by atoms with Crippen LogP contribution in [0.25, 0.3) is 0 Å². The Balaban J connectivity index is 0.00000264. The average Bonchev–Trinajstić information content (AvgIpc) is 2.48. The van der Waals surface area contributed by atoms with E-state index in [0.717, 1.165) is 55.6 Å². The summed E-state index contributed by atoms with van der Waals surface area (Å²) < 4.78 is 0. The largest absolute Gasteiger partial charge is 0.396 e. The van der Waals surface area contributed by atoms with Crippen LogP contribution < -0.4 is 5.32 Å². The van der Waals surface area contributed by atoms with E-state index in [1.165, 1.54) is 5.56 Å². The first kappa shape index (κ1) is 19.9. The van der Waals surface area contributed by atoms with E-state index in [4.69, 9.17) is 5.11 Å². The van der Waals surface area contributed by atoms with Gasteiger partial charge in [0.1, 0.15) is 0 Å². The van der Waals surface area contributed by atoms with Crippen molar-refractivity contribution < 1.29 is 9.90 Å². The van der Waals surface area contributed by atoms with E-state index < -0.39 is 0 Å². The number of likely N-dealkylation sites (tertiary alicyclic amines) is 1. The van der Waals surface area contributed by atoms with E-state index in [-0.39, 0.29) is 31.0 Å². The summed E-state index contributed by atoms with van der Waals surface area (Å²) in [5, 5.41) is 12.2. The minimum Gasteiger partial charge on any atom is -0.396 e. The summed E-state index contributed by atoms with van der Waals surface area (Å²) in [5.74, 6) is 0.0905. The van der Waals surface area contributed by atoms with Crippen molar-refractivity contribution in [1.82, 2.24) is 4.90 Å². The van der Waals surface area contributed by atoms with Crippen molar-refractivity contribution in [3.8, 4) is 0 Å². The zero-order chi connectivity index (χ0) is 16.1. The molecule has 1 aromatic rings. The molecule has 1 atom stereocenters. The van der Waals surface area contributed by atoms with Crippen molar-refractivity contribution in [1.29, 1.82) is 0 Å². The lowest BCUT2D eigenvalue weighted by Crippen LogP contribution is -2.47. The number of piperidine rings is 1. The van der Waals surface area contributed by atoms with Crippen LogP contribution in [0.4, 0.5) is 5.69 Å². The number of rotatable bonds is 5. The SMILES string of the molecule is Cc1cc(C)c(NC(=O)C2CCCCN2CCCO)c(C)c1.Cl. The summed E-state index contributed by atoms with van der Waals surface area (Å²) in [4.78, 5) is 14.9. The number of carbonyl (C=O) groups is 1. The van der Waals surface area contributed by atoms with Crippen molar-refractivity contribution in [3.63, 3.8) is 0 Å². The van der Waals surface area contributed by atoms with Crippen LogP contribution in [0.2, 0.25) is 0 Å². The molecular weight excluding hydrogens is 312 g/mol. The molecule has 1 aromatic carbocycles. The Bertz CT molecular complexity index is 511. The van der Waals surface area contributed by atoms with E-state index in [1.54, 1.807) is 0 Å². The molecule has 1 heterocycles. The summed E-state index contributed by atoms with van der Waals surface area (Å²) in [7, 11) is 0. The Morgan fingerprint density at radius 3 is 2.52 bits per heavy atom. The first-order valence-electron chi connectivity index (χ1n) is 8.26. The number of hydrogen-bond donors (Lipinski definition) is 2. The number of amides is 1. The van der Waals surface area contributed by atoms with Gasteiger partial charge in [-0.3, -0.25) is 9.69 Å². The maximum absolute atomic E-state index is 12.7. The van der Waals surface area contributed by atoms with E-state index in [1.807, 2.05) is 13.8 Å². The monoisotopic (exact) mass is 340 g/mol. The van der Waals surface area contributed by atoms with Crippen LogP contribution in [0.15, 0.2) is 12.1 Å². The molecule has 1 unspecified atom stereocenters. The lowest BCUT2D eigenvalue weighted by atomic mass is 10.00. The van der Waals surface area contributed by atoms with E-state index in [0.29, 0.717) is 0 Å². The fourth-order valence-corrected chi connectivity index (χ4v) is 3.41. The molecule has 23 heavy (non-hydrogen) atoms. The Morgan fingerprint density at radius 2 is 1.91 bits per heavy atom. The molecule has 2 N–H and O–H groups in total. The van der Waals surface area contributed by atoms with Crippen molar-refractivity contribution in [2.24, 2.45) is 0 Å². The van der Waals surface area contributed by atoms with Crippen LogP contribution in [-0.4, -0.2) is 41.7 Å². The molecule has 0 saturated carbocycles. The maximum Gasteiger partial charge on any atom is 0.241 e. The summed E-state index contributed by atoms with van der Waals surface area (Å²) in [6.07, 6.45) is 3.87. The second-order valence-electron chi connectivity index (χ2n) is 6.39. The Labute approximate surface area is 145 Å². The van der Waals surface area contributed by atoms with Gasteiger partial charge in [-0.05, 0) is 57.7 Å². The van der Waals surface area contributed by atoms with Gasteiger partial charge in [0.15, 0.2) is 0 Å². The molecule has 1 aliphatic rings. The number of aliphatic hydroxyl groups excluding tert-OH is 1. The minimum atomic E-state index is -0.0691. The van der Waals surface area contributed by atoms with Gasteiger partial charge in [0.25, 0.3) is 0 Å². The van der Waals surface area contributed by atoms with Gasteiger partial charge in [0.2, 0.25) is 5.91 Å². The molecule has 1 amide bonds. The van der Waals surface area contributed by atoms with Crippen molar-refractivity contribution in [2.45, 2.75) is 52.5 Å². The van der Waals surface area contributed by atoms with Crippen LogP contribution in [0.1, 0.15) is 42.4 Å². The van der Waals surface area contributed by atoms with Gasteiger partial charge in [0, 0.05) is 18.8 Å². The van der Waals surface area contributed by atoms with E-state index in [2.05, 4.69) is 29.3 Å². The Morgan fingerprint density at radius 1 is 1.26 bits per heavy atom. The van der Waals surface area contributed by atoms with Crippen molar-refractivity contribution in [3.05, 3.63) is 28.8 Å². The molecular formula is C18H29ClN2O2. The first-order valence-corrected chi connectivity index (χ1v) is 8.26. The van der Waals surface area contributed by atoms with E-state index in [9.17, 15) is 4.79 Å². The zero-order valence-corrected chi connectivity index (χ0v) is 15.2. The molecule has 1 saturated heterocycles.